The molecule has 15 heavy (non-hydrogen) atoms. The van der Waals surface area contributed by atoms with E-state index in [0.717, 1.165) is 11.5 Å². The number of fused-ring (bicyclic) bond motifs is 1. The van der Waals surface area contributed by atoms with Gasteiger partial charge in [-0.05, 0) is 43.0 Å². The molecule has 1 aliphatic rings. The van der Waals surface area contributed by atoms with E-state index in [4.69, 9.17) is 6.42 Å². The number of terminal acetylenes is 1. The Morgan fingerprint density at radius 2 is 2.20 bits per heavy atom. The molecule has 1 aliphatic carbocycles. The summed E-state index contributed by atoms with van der Waals surface area (Å²) in [4.78, 5) is 0. The Morgan fingerprint density at radius 1 is 1.33 bits per heavy atom. The third-order valence-corrected chi connectivity index (χ3v) is 3.09. The molecule has 0 spiro atoms. The molecule has 0 unspecified atom stereocenters. The fourth-order valence-corrected chi connectivity index (χ4v) is 2.03. The van der Waals surface area contributed by atoms with E-state index >= 15 is 0 Å². The van der Waals surface area contributed by atoms with Gasteiger partial charge < -0.3 is 4.57 Å². The Balaban J connectivity index is 2.06. The summed E-state index contributed by atoms with van der Waals surface area (Å²) in [5.74, 6) is 3.58. The van der Waals surface area contributed by atoms with Gasteiger partial charge in [0.05, 0.1) is 0 Å². The molecule has 0 atom stereocenters. The van der Waals surface area contributed by atoms with Gasteiger partial charge in [0.15, 0.2) is 0 Å². The van der Waals surface area contributed by atoms with Crippen molar-refractivity contribution in [2.45, 2.75) is 19.4 Å². The smallest absolute Gasteiger partial charge is 0.0481 e. The minimum atomic E-state index is 0.910. The summed E-state index contributed by atoms with van der Waals surface area (Å²) in [5, 5.41) is 1.26. The van der Waals surface area contributed by atoms with Gasteiger partial charge in [-0.25, -0.2) is 0 Å². The fourth-order valence-electron chi connectivity index (χ4n) is 2.03. The lowest BCUT2D eigenvalue weighted by Gasteiger charge is -2.03. The van der Waals surface area contributed by atoms with Crippen LogP contribution in [-0.4, -0.2) is 4.57 Å². The van der Waals surface area contributed by atoms with Crippen LogP contribution in [0.25, 0.3) is 10.9 Å². The van der Waals surface area contributed by atoms with Gasteiger partial charge in [0.25, 0.3) is 0 Å². The van der Waals surface area contributed by atoms with Gasteiger partial charge in [-0.3, -0.25) is 0 Å². The first-order valence-corrected chi connectivity index (χ1v) is 5.42. The fraction of sp³-hybridized carbons (Fsp3) is 0.286. The van der Waals surface area contributed by atoms with Crippen molar-refractivity contribution in [2.24, 2.45) is 5.92 Å². The van der Waals surface area contributed by atoms with Crippen molar-refractivity contribution < 1.29 is 0 Å². The van der Waals surface area contributed by atoms with E-state index in [1.54, 1.807) is 0 Å². The van der Waals surface area contributed by atoms with Crippen molar-refractivity contribution in [1.82, 2.24) is 4.57 Å². The van der Waals surface area contributed by atoms with Gasteiger partial charge in [0.2, 0.25) is 0 Å². The number of hydrogen-bond acceptors (Lipinski definition) is 0. The normalized spacial score (nSPS) is 15.4. The second-order valence-corrected chi connectivity index (χ2v) is 4.33. The summed E-state index contributed by atoms with van der Waals surface area (Å²) < 4.78 is 2.34. The number of hydrogen-bond donors (Lipinski definition) is 0. The van der Waals surface area contributed by atoms with Crippen LogP contribution in [0.5, 0.6) is 0 Å². The van der Waals surface area contributed by atoms with Crippen molar-refractivity contribution in [3.63, 3.8) is 0 Å². The van der Waals surface area contributed by atoms with Crippen LogP contribution in [0.4, 0.5) is 0 Å². The summed E-state index contributed by atoms with van der Waals surface area (Å²) >= 11 is 0. The van der Waals surface area contributed by atoms with Crippen LogP contribution in [0.3, 0.4) is 0 Å². The first-order chi connectivity index (χ1) is 7.36. The quantitative estimate of drug-likeness (QED) is 0.649. The molecule has 74 valence electrons. The molecule has 1 heteroatoms. The van der Waals surface area contributed by atoms with Crippen LogP contribution in [-0.2, 0) is 6.54 Å². The summed E-state index contributed by atoms with van der Waals surface area (Å²) in [5.41, 5.74) is 2.27. The summed E-state index contributed by atoms with van der Waals surface area (Å²) in [6.07, 6.45) is 10.3. The minimum Gasteiger partial charge on any atom is -0.347 e. The first-order valence-electron chi connectivity index (χ1n) is 5.42. The van der Waals surface area contributed by atoms with E-state index in [-0.39, 0.29) is 0 Å². The highest BCUT2D eigenvalue weighted by molar-refractivity contribution is 5.81. The van der Waals surface area contributed by atoms with Crippen LogP contribution < -0.4 is 0 Å². The molecule has 1 aromatic heterocycles. The largest absolute Gasteiger partial charge is 0.347 e. The van der Waals surface area contributed by atoms with Crippen LogP contribution in [0.1, 0.15) is 18.4 Å². The molecule has 0 N–H and O–H groups in total. The standard InChI is InChI=1S/C14H13N/c1-2-11-5-6-14-13(9-11)7-8-15(14)10-12-3-4-12/h1,5-9,12H,3-4,10H2. The Hall–Kier alpha value is -1.68. The molecule has 2 aromatic rings. The molecule has 0 saturated heterocycles. The highest BCUT2D eigenvalue weighted by atomic mass is 15.0. The monoisotopic (exact) mass is 195 g/mol. The van der Waals surface area contributed by atoms with Gasteiger partial charge in [0.1, 0.15) is 0 Å². The lowest BCUT2D eigenvalue weighted by atomic mass is 10.2. The third kappa shape index (κ3) is 1.53. The molecule has 3 rings (SSSR count). The molecule has 0 aliphatic heterocycles. The van der Waals surface area contributed by atoms with Gasteiger partial charge >= 0.3 is 0 Å². The van der Waals surface area contributed by atoms with E-state index < -0.39 is 0 Å². The van der Waals surface area contributed by atoms with Crippen LogP contribution in [0, 0.1) is 18.3 Å². The van der Waals surface area contributed by atoms with Crippen molar-refractivity contribution >= 4 is 10.9 Å². The maximum atomic E-state index is 5.38. The van der Waals surface area contributed by atoms with E-state index in [1.807, 2.05) is 6.07 Å². The van der Waals surface area contributed by atoms with E-state index in [1.165, 1.54) is 30.3 Å². The maximum Gasteiger partial charge on any atom is 0.0481 e. The van der Waals surface area contributed by atoms with Crippen molar-refractivity contribution in [2.75, 3.05) is 0 Å². The Bertz CT molecular complexity index is 538. The molecule has 0 radical (unpaired) electrons. The van der Waals surface area contributed by atoms with Gasteiger partial charge in [-0.15, -0.1) is 6.42 Å². The SMILES string of the molecule is C#Cc1ccc2c(ccn2CC2CC2)c1. The van der Waals surface area contributed by atoms with E-state index in [2.05, 4.69) is 34.9 Å². The number of nitrogens with zero attached hydrogens (tertiary/aromatic N) is 1. The number of rotatable bonds is 2. The van der Waals surface area contributed by atoms with Crippen LogP contribution in [0.2, 0.25) is 0 Å². The van der Waals surface area contributed by atoms with E-state index in [9.17, 15) is 0 Å². The average molecular weight is 195 g/mol. The molecular weight excluding hydrogens is 182 g/mol. The van der Waals surface area contributed by atoms with Gasteiger partial charge in [0, 0.05) is 29.2 Å². The molecular formula is C14H13N. The lowest BCUT2D eigenvalue weighted by Crippen LogP contribution is -1.96. The summed E-state index contributed by atoms with van der Waals surface area (Å²) in [6, 6.07) is 8.38. The number of aromatic nitrogens is 1. The zero-order valence-corrected chi connectivity index (χ0v) is 8.61. The molecule has 0 bridgehead atoms. The number of benzene rings is 1. The van der Waals surface area contributed by atoms with E-state index in [0.29, 0.717) is 0 Å². The predicted molar refractivity (Wildman–Crippen MR) is 62.6 cm³/mol. The van der Waals surface area contributed by atoms with Crippen molar-refractivity contribution in [1.29, 1.82) is 0 Å². The van der Waals surface area contributed by atoms with Crippen LogP contribution >= 0.6 is 0 Å². The molecule has 1 saturated carbocycles. The first kappa shape index (κ1) is 8.61. The second kappa shape index (κ2) is 3.17. The Kier molecular flexibility index (Phi) is 1.82. The van der Waals surface area contributed by atoms with Gasteiger partial charge in [-0.2, -0.15) is 0 Å². The lowest BCUT2D eigenvalue weighted by molar-refractivity contribution is 0.647. The van der Waals surface area contributed by atoms with Crippen molar-refractivity contribution in [3.8, 4) is 12.3 Å². The van der Waals surface area contributed by atoms with Crippen LogP contribution in [0.15, 0.2) is 30.5 Å². The zero-order valence-electron chi connectivity index (χ0n) is 8.61. The molecule has 0 amide bonds. The highest BCUT2D eigenvalue weighted by Gasteiger charge is 2.21. The summed E-state index contributed by atoms with van der Waals surface area (Å²) in [6.45, 7) is 1.17. The average Bonchev–Trinajstić information content (AvgIpc) is 2.99. The van der Waals surface area contributed by atoms with Gasteiger partial charge in [-0.1, -0.05) is 5.92 Å². The Morgan fingerprint density at radius 3 is 2.93 bits per heavy atom. The van der Waals surface area contributed by atoms with Crippen molar-refractivity contribution in [3.05, 3.63) is 36.0 Å². The maximum absolute atomic E-state index is 5.38. The predicted octanol–water partition coefficient (Wildman–Crippen LogP) is 3.03. The highest BCUT2D eigenvalue weighted by Crippen LogP contribution is 2.32. The molecule has 1 heterocycles. The molecule has 1 fully saturated rings. The Labute approximate surface area is 89.7 Å². The topological polar surface area (TPSA) is 4.93 Å². The second-order valence-electron chi connectivity index (χ2n) is 4.33. The zero-order chi connectivity index (χ0) is 10.3. The molecule has 1 nitrogen and oxygen atoms in total. The summed E-state index contributed by atoms with van der Waals surface area (Å²) in [7, 11) is 0. The third-order valence-electron chi connectivity index (χ3n) is 3.09. The minimum absolute atomic E-state index is 0.910. The molecule has 1 aromatic carbocycles.